The molecule has 0 aliphatic heterocycles. The quantitative estimate of drug-likeness (QED) is 0.805. The summed E-state index contributed by atoms with van der Waals surface area (Å²) in [5.41, 5.74) is 1.17. The zero-order valence-corrected chi connectivity index (χ0v) is 12.1. The van der Waals surface area contributed by atoms with Gasteiger partial charge in [0.1, 0.15) is 0 Å². The molecule has 0 radical (unpaired) electrons. The number of hydrogen-bond acceptors (Lipinski definition) is 3. The second kappa shape index (κ2) is 7.27. The predicted octanol–water partition coefficient (Wildman–Crippen LogP) is 3.40. The molecule has 1 N–H and O–H groups in total. The van der Waals surface area contributed by atoms with E-state index in [1.54, 1.807) is 14.2 Å². The Kier molecular flexibility index (Phi) is 5.99. The monoisotopic (exact) mass is 251 g/mol. The predicted molar refractivity (Wildman–Crippen MR) is 75.4 cm³/mol. The van der Waals surface area contributed by atoms with Gasteiger partial charge in [0.15, 0.2) is 11.5 Å². The van der Waals surface area contributed by atoms with Crippen LogP contribution in [0.1, 0.15) is 38.3 Å². The fraction of sp³-hybridized carbons (Fsp3) is 0.600. The summed E-state index contributed by atoms with van der Waals surface area (Å²) < 4.78 is 10.8. The van der Waals surface area contributed by atoms with Gasteiger partial charge in [0.05, 0.1) is 14.2 Å². The minimum atomic E-state index is 0.303. The van der Waals surface area contributed by atoms with E-state index in [1.807, 2.05) is 19.2 Å². The van der Waals surface area contributed by atoms with Crippen LogP contribution in [0.15, 0.2) is 18.2 Å². The Morgan fingerprint density at radius 3 is 2.33 bits per heavy atom. The number of nitrogens with one attached hydrogen (secondary N) is 1. The molecule has 0 aliphatic rings. The molecule has 0 fully saturated rings. The number of methoxy groups -OCH3 is 2. The Balaban J connectivity index is 2.97. The third-order valence-corrected chi connectivity index (χ3v) is 3.19. The first kappa shape index (κ1) is 14.8. The summed E-state index contributed by atoms with van der Waals surface area (Å²) in [6.45, 7) is 4.49. The Morgan fingerprint density at radius 2 is 1.83 bits per heavy atom. The Bertz CT molecular complexity index is 364. The SMILES string of the molecule is CNC(CCC(C)C)c1cccc(OC)c1OC. The summed E-state index contributed by atoms with van der Waals surface area (Å²) in [7, 11) is 5.35. The van der Waals surface area contributed by atoms with E-state index in [0.717, 1.165) is 17.9 Å². The molecule has 3 heteroatoms. The molecule has 0 saturated heterocycles. The molecule has 0 heterocycles. The van der Waals surface area contributed by atoms with Crippen molar-refractivity contribution in [3.8, 4) is 11.5 Å². The molecule has 0 amide bonds. The molecule has 18 heavy (non-hydrogen) atoms. The van der Waals surface area contributed by atoms with E-state index in [-0.39, 0.29) is 0 Å². The van der Waals surface area contributed by atoms with Crippen molar-refractivity contribution in [2.75, 3.05) is 21.3 Å². The lowest BCUT2D eigenvalue weighted by Crippen LogP contribution is -2.18. The highest BCUT2D eigenvalue weighted by Gasteiger charge is 2.17. The molecule has 1 aromatic carbocycles. The van der Waals surface area contributed by atoms with E-state index in [0.29, 0.717) is 12.0 Å². The van der Waals surface area contributed by atoms with Crippen molar-refractivity contribution in [1.29, 1.82) is 0 Å². The molecule has 0 spiro atoms. The topological polar surface area (TPSA) is 30.5 Å². The fourth-order valence-electron chi connectivity index (χ4n) is 2.14. The molecular formula is C15H25NO2. The number of hydrogen-bond donors (Lipinski definition) is 1. The summed E-state index contributed by atoms with van der Waals surface area (Å²) in [6.07, 6.45) is 2.28. The third-order valence-electron chi connectivity index (χ3n) is 3.19. The molecule has 0 aliphatic carbocycles. The van der Waals surface area contributed by atoms with Gasteiger partial charge in [-0.2, -0.15) is 0 Å². The van der Waals surface area contributed by atoms with E-state index in [1.165, 1.54) is 12.0 Å². The first-order chi connectivity index (χ1) is 8.63. The molecule has 102 valence electrons. The highest BCUT2D eigenvalue weighted by Crippen LogP contribution is 2.36. The van der Waals surface area contributed by atoms with Crippen LogP contribution in [0.5, 0.6) is 11.5 Å². The summed E-state index contributed by atoms with van der Waals surface area (Å²) in [4.78, 5) is 0. The summed E-state index contributed by atoms with van der Waals surface area (Å²) >= 11 is 0. The highest BCUT2D eigenvalue weighted by molar-refractivity contribution is 5.48. The minimum absolute atomic E-state index is 0.303. The highest BCUT2D eigenvalue weighted by atomic mass is 16.5. The maximum Gasteiger partial charge on any atom is 0.165 e. The van der Waals surface area contributed by atoms with E-state index in [4.69, 9.17) is 9.47 Å². The second-order valence-corrected chi connectivity index (χ2v) is 4.90. The first-order valence-electron chi connectivity index (χ1n) is 6.52. The van der Waals surface area contributed by atoms with Gasteiger partial charge in [0.2, 0.25) is 0 Å². The smallest absolute Gasteiger partial charge is 0.165 e. The van der Waals surface area contributed by atoms with Gasteiger partial charge in [-0.05, 0) is 31.9 Å². The van der Waals surface area contributed by atoms with Crippen LogP contribution < -0.4 is 14.8 Å². The Labute approximate surface area is 110 Å². The molecule has 0 aromatic heterocycles. The molecule has 1 aromatic rings. The van der Waals surface area contributed by atoms with Gasteiger partial charge in [0.25, 0.3) is 0 Å². The van der Waals surface area contributed by atoms with Crippen molar-refractivity contribution in [1.82, 2.24) is 5.32 Å². The van der Waals surface area contributed by atoms with Crippen LogP contribution in [-0.4, -0.2) is 21.3 Å². The maximum atomic E-state index is 5.49. The van der Waals surface area contributed by atoms with Gasteiger partial charge < -0.3 is 14.8 Å². The average Bonchev–Trinajstić information content (AvgIpc) is 2.38. The van der Waals surface area contributed by atoms with Crippen LogP contribution in [0.4, 0.5) is 0 Å². The lowest BCUT2D eigenvalue weighted by Gasteiger charge is -2.21. The summed E-state index contributed by atoms with van der Waals surface area (Å²) in [5.74, 6) is 2.33. The van der Waals surface area contributed by atoms with E-state index >= 15 is 0 Å². The van der Waals surface area contributed by atoms with Crippen LogP contribution in [-0.2, 0) is 0 Å². The third kappa shape index (κ3) is 3.64. The molecule has 0 saturated carbocycles. The number of ether oxygens (including phenoxy) is 2. The van der Waals surface area contributed by atoms with Crippen molar-refractivity contribution in [2.24, 2.45) is 5.92 Å². The summed E-state index contributed by atoms with van der Waals surface area (Å²) in [6, 6.07) is 6.34. The Hall–Kier alpha value is -1.22. The van der Waals surface area contributed by atoms with Crippen molar-refractivity contribution >= 4 is 0 Å². The van der Waals surface area contributed by atoms with Gasteiger partial charge in [-0.25, -0.2) is 0 Å². The minimum Gasteiger partial charge on any atom is -0.493 e. The molecule has 0 bridgehead atoms. The Morgan fingerprint density at radius 1 is 1.11 bits per heavy atom. The normalized spacial score (nSPS) is 12.6. The van der Waals surface area contributed by atoms with E-state index < -0.39 is 0 Å². The maximum absolute atomic E-state index is 5.49. The van der Waals surface area contributed by atoms with Crippen molar-refractivity contribution in [2.45, 2.75) is 32.7 Å². The number of benzene rings is 1. The zero-order valence-electron chi connectivity index (χ0n) is 12.1. The van der Waals surface area contributed by atoms with Crippen molar-refractivity contribution < 1.29 is 9.47 Å². The molecule has 3 nitrogen and oxygen atoms in total. The van der Waals surface area contributed by atoms with Crippen LogP contribution >= 0.6 is 0 Å². The van der Waals surface area contributed by atoms with Crippen LogP contribution in [0.3, 0.4) is 0 Å². The van der Waals surface area contributed by atoms with Crippen LogP contribution in [0, 0.1) is 5.92 Å². The lowest BCUT2D eigenvalue weighted by atomic mass is 9.97. The summed E-state index contributed by atoms with van der Waals surface area (Å²) in [5, 5.41) is 3.36. The fourth-order valence-corrected chi connectivity index (χ4v) is 2.14. The van der Waals surface area contributed by atoms with Gasteiger partial charge >= 0.3 is 0 Å². The average molecular weight is 251 g/mol. The van der Waals surface area contributed by atoms with Gasteiger partial charge in [-0.15, -0.1) is 0 Å². The van der Waals surface area contributed by atoms with Crippen molar-refractivity contribution in [3.05, 3.63) is 23.8 Å². The number of rotatable bonds is 7. The lowest BCUT2D eigenvalue weighted by molar-refractivity contribution is 0.344. The number of para-hydroxylation sites is 1. The molecular weight excluding hydrogens is 226 g/mol. The van der Waals surface area contributed by atoms with Gasteiger partial charge in [-0.3, -0.25) is 0 Å². The first-order valence-corrected chi connectivity index (χ1v) is 6.52. The second-order valence-electron chi connectivity index (χ2n) is 4.90. The van der Waals surface area contributed by atoms with E-state index in [9.17, 15) is 0 Å². The van der Waals surface area contributed by atoms with E-state index in [2.05, 4.69) is 25.2 Å². The molecule has 1 rings (SSSR count). The van der Waals surface area contributed by atoms with Crippen LogP contribution in [0.25, 0.3) is 0 Å². The molecule has 1 unspecified atom stereocenters. The molecule has 1 atom stereocenters. The van der Waals surface area contributed by atoms with Gasteiger partial charge in [0, 0.05) is 11.6 Å². The van der Waals surface area contributed by atoms with Crippen LogP contribution in [0.2, 0.25) is 0 Å². The van der Waals surface area contributed by atoms with Crippen molar-refractivity contribution in [3.63, 3.8) is 0 Å². The largest absolute Gasteiger partial charge is 0.493 e. The van der Waals surface area contributed by atoms with Gasteiger partial charge in [-0.1, -0.05) is 26.0 Å². The standard InChI is InChI=1S/C15H25NO2/c1-11(2)9-10-13(16-3)12-7-6-8-14(17-4)15(12)18-5/h6-8,11,13,16H,9-10H2,1-5H3. The zero-order chi connectivity index (χ0) is 13.5.